The van der Waals surface area contributed by atoms with Crippen LogP contribution in [-0.4, -0.2) is 27.4 Å². The normalized spacial score (nSPS) is 12.9. The molecule has 0 aliphatic rings. The quantitative estimate of drug-likeness (QED) is 0.785. The first-order valence-electron chi connectivity index (χ1n) is 6.91. The van der Waals surface area contributed by atoms with E-state index in [-0.39, 0.29) is 17.5 Å². The van der Waals surface area contributed by atoms with Crippen LogP contribution < -0.4 is 10.6 Å². The number of furan rings is 1. The van der Waals surface area contributed by atoms with Gasteiger partial charge in [0.05, 0.1) is 18.1 Å². The molecule has 8 heteroatoms. The number of hydrogen-bond donors (Lipinski definition) is 2. The molecule has 0 spiro atoms. The summed E-state index contributed by atoms with van der Waals surface area (Å²) in [6.45, 7) is 8.07. The van der Waals surface area contributed by atoms with Crippen LogP contribution in [0.4, 0.5) is 5.13 Å². The van der Waals surface area contributed by atoms with Gasteiger partial charge in [-0.15, -0.1) is 10.2 Å². The number of thioether (sulfide) groups is 1. The van der Waals surface area contributed by atoms with Crippen molar-refractivity contribution in [1.29, 1.82) is 0 Å². The SMILES string of the molecule is CC(NC(=O)CSc1nnc(NC(C)(C)C)s1)c1ccco1. The molecule has 0 fully saturated rings. The second-order valence-electron chi connectivity index (χ2n) is 5.84. The van der Waals surface area contributed by atoms with E-state index in [0.29, 0.717) is 5.75 Å². The maximum Gasteiger partial charge on any atom is 0.231 e. The van der Waals surface area contributed by atoms with Crippen LogP contribution >= 0.6 is 23.1 Å². The Balaban J connectivity index is 1.79. The molecule has 2 heterocycles. The van der Waals surface area contributed by atoms with Crippen LogP contribution in [0.2, 0.25) is 0 Å². The molecule has 2 N–H and O–H groups in total. The summed E-state index contributed by atoms with van der Waals surface area (Å²) in [7, 11) is 0. The number of aromatic nitrogens is 2. The van der Waals surface area contributed by atoms with Crippen LogP contribution in [0.25, 0.3) is 0 Å². The summed E-state index contributed by atoms with van der Waals surface area (Å²) in [5.41, 5.74) is -0.0582. The molecule has 2 aromatic rings. The fourth-order valence-electron chi connectivity index (χ4n) is 1.66. The van der Waals surface area contributed by atoms with Crippen molar-refractivity contribution < 1.29 is 9.21 Å². The van der Waals surface area contributed by atoms with Gasteiger partial charge in [0, 0.05) is 5.54 Å². The Labute approximate surface area is 138 Å². The number of carbonyl (C=O) groups is 1. The summed E-state index contributed by atoms with van der Waals surface area (Å²) < 4.78 is 6.03. The molecule has 1 amide bonds. The molecule has 0 aliphatic carbocycles. The van der Waals surface area contributed by atoms with Crippen LogP contribution in [0.15, 0.2) is 27.2 Å². The second-order valence-corrected chi connectivity index (χ2v) is 8.04. The maximum absolute atomic E-state index is 11.9. The van der Waals surface area contributed by atoms with Gasteiger partial charge in [0.1, 0.15) is 5.76 Å². The number of nitrogens with zero attached hydrogens (tertiary/aromatic N) is 2. The largest absolute Gasteiger partial charge is 0.467 e. The fourth-order valence-corrected chi connectivity index (χ4v) is 3.43. The van der Waals surface area contributed by atoms with Crippen LogP contribution in [-0.2, 0) is 4.79 Å². The topological polar surface area (TPSA) is 80.0 Å². The lowest BCUT2D eigenvalue weighted by Gasteiger charge is -2.18. The van der Waals surface area contributed by atoms with Crippen LogP contribution in [0.1, 0.15) is 39.5 Å². The highest BCUT2D eigenvalue weighted by Gasteiger charge is 2.15. The highest BCUT2D eigenvalue weighted by Crippen LogP contribution is 2.27. The van der Waals surface area contributed by atoms with Gasteiger partial charge in [-0.1, -0.05) is 23.1 Å². The Morgan fingerprint density at radius 3 is 2.86 bits per heavy atom. The Bertz CT molecular complexity index is 605. The van der Waals surface area contributed by atoms with Gasteiger partial charge in [0.25, 0.3) is 0 Å². The molecule has 0 bridgehead atoms. The number of rotatable bonds is 6. The Kier molecular flexibility index (Phi) is 5.47. The molecule has 2 rings (SSSR count). The average Bonchev–Trinajstić information content (AvgIpc) is 3.05. The third-order valence-electron chi connectivity index (χ3n) is 2.56. The zero-order chi connectivity index (χ0) is 16.2. The van der Waals surface area contributed by atoms with Gasteiger partial charge < -0.3 is 15.1 Å². The lowest BCUT2D eigenvalue weighted by atomic mass is 10.1. The van der Waals surface area contributed by atoms with Gasteiger partial charge in [0.2, 0.25) is 11.0 Å². The van der Waals surface area contributed by atoms with E-state index >= 15 is 0 Å². The summed E-state index contributed by atoms with van der Waals surface area (Å²) in [6.07, 6.45) is 1.59. The molecule has 0 radical (unpaired) electrons. The van der Waals surface area contributed by atoms with Crippen molar-refractivity contribution in [2.75, 3.05) is 11.1 Å². The molecule has 0 saturated heterocycles. The van der Waals surface area contributed by atoms with E-state index in [0.717, 1.165) is 15.2 Å². The van der Waals surface area contributed by atoms with Crippen molar-refractivity contribution in [3.8, 4) is 0 Å². The molecule has 2 aromatic heterocycles. The van der Waals surface area contributed by atoms with E-state index in [2.05, 4.69) is 41.6 Å². The highest BCUT2D eigenvalue weighted by molar-refractivity contribution is 8.01. The summed E-state index contributed by atoms with van der Waals surface area (Å²) in [5, 5.41) is 15.0. The van der Waals surface area contributed by atoms with E-state index < -0.39 is 0 Å². The monoisotopic (exact) mass is 340 g/mol. The van der Waals surface area contributed by atoms with Gasteiger partial charge in [0.15, 0.2) is 4.34 Å². The smallest absolute Gasteiger partial charge is 0.231 e. The lowest BCUT2D eigenvalue weighted by molar-refractivity contribution is -0.119. The number of nitrogens with one attached hydrogen (secondary N) is 2. The lowest BCUT2D eigenvalue weighted by Crippen LogP contribution is -2.27. The molecule has 120 valence electrons. The zero-order valence-corrected chi connectivity index (χ0v) is 14.7. The number of amides is 1. The highest BCUT2D eigenvalue weighted by atomic mass is 32.2. The van der Waals surface area contributed by atoms with Crippen molar-refractivity contribution in [1.82, 2.24) is 15.5 Å². The van der Waals surface area contributed by atoms with E-state index in [9.17, 15) is 4.79 Å². The van der Waals surface area contributed by atoms with E-state index in [1.165, 1.54) is 23.1 Å². The molecule has 6 nitrogen and oxygen atoms in total. The van der Waals surface area contributed by atoms with E-state index in [1.54, 1.807) is 12.3 Å². The molecule has 1 unspecified atom stereocenters. The first-order chi connectivity index (χ1) is 10.3. The molecule has 0 aromatic carbocycles. The molecular weight excluding hydrogens is 320 g/mol. The van der Waals surface area contributed by atoms with Crippen molar-refractivity contribution in [3.63, 3.8) is 0 Å². The van der Waals surface area contributed by atoms with Crippen molar-refractivity contribution >= 4 is 34.1 Å². The molecular formula is C14H20N4O2S2. The van der Waals surface area contributed by atoms with Crippen molar-refractivity contribution in [2.24, 2.45) is 0 Å². The third kappa shape index (κ3) is 5.34. The Hall–Kier alpha value is -1.54. The average molecular weight is 340 g/mol. The molecule has 0 saturated carbocycles. The third-order valence-corrected chi connectivity index (χ3v) is 4.53. The van der Waals surface area contributed by atoms with Gasteiger partial charge >= 0.3 is 0 Å². The minimum atomic E-state index is -0.143. The first-order valence-corrected chi connectivity index (χ1v) is 8.71. The predicted octanol–water partition coefficient (Wildman–Crippen LogP) is 3.31. The van der Waals surface area contributed by atoms with Gasteiger partial charge in [-0.25, -0.2) is 0 Å². The zero-order valence-electron chi connectivity index (χ0n) is 13.0. The molecule has 0 aliphatic heterocycles. The molecule has 22 heavy (non-hydrogen) atoms. The van der Waals surface area contributed by atoms with Gasteiger partial charge in [-0.05, 0) is 39.8 Å². The standard InChI is InChI=1S/C14H20N4O2S2/c1-9(10-6-5-7-20-10)15-11(19)8-21-13-18-17-12(22-13)16-14(2,3)4/h5-7,9H,8H2,1-4H3,(H,15,19)(H,16,17). The summed E-state index contributed by atoms with van der Waals surface area (Å²) >= 11 is 2.83. The van der Waals surface area contributed by atoms with Crippen LogP contribution in [0.5, 0.6) is 0 Å². The number of hydrogen-bond acceptors (Lipinski definition) is 7. The Morgan fingerprint density at radius 1 is 1.45 bits per heavy atom. The van der Waals surface area contributed by atoms with Crippen molar-refractivity contribution in [2.45, 2.75) is 43.6 Å². The van der Waals surface area contributed by atoms with Gasteiger partial charge in [-0.2, -0.15) is 0 Å². The minimum absolute atomic E-state index is 0.0582. The van der Waals surface area contributed by atoms with Crippen LogP contribution in [0.3, 0.4) is 0 Å². The fraction of sp³-hybridized carbons (Fsp3) is 0.500. The minimum Gasteiger partial charge on any atom is -0.467 e. The predicted molar refractivity (Wildman–Crippen MR) is 89.3 cm³/mol. The van der Waals surface area contributed by atoms with Crippen molar-refractivity contribution in [3.05, 3.63) is 24.2 Å². The maximum atomic E-state index is 11.9. The number of anilines is 1. The summed E-state index contributed by atoms with van der Waals surface area (Å²) in [5.74, 6) is 0.982. The number of carbonyl (C=O) groups excluding carboxylic acids is 1. The summed E-state index contributed by atoms with van der Waals surface area (Å²) in [6, 6.07) is 3.50. The van der Waals surface area contributed by atoms with Gasteiger partial charge in [-0.3, -0.25) is 4.79 Å². The Morgan fingerprint density at radius 2 is 2.23 bits per heavy atom. The first kappa shape index (κ1) is 16.8. The second kappa shape index (κ2) is 7.15. The summed E-state index contributed by atoms with van der Waals surface area (Å²) in [4.78, 5) is 11.9. The van der Waals surface area contributed by atoms with E-state index in [4.69, 9.17) is 4.42 Å². The van der Waals surface area contributed by atoms with E-state index in [1.807, 2.05) is 13.0 Å². The van der Waals surface area contributed by atoms with Crippen LogP contribution in [0, 0.1) is 0 Å². The molecule has 1 atom stereocenters.